The largest absolute Gasteiger partial charge is 0.0651 e. The SMILES string of the molecule is CCC1CC(CC(C)C(C)C2CC2)CC1C. The van der Waals surface area contributed by atoms with Crippen LogP contribution in [0.25, 0.3) is 0 Å². The summed E-state index contributed by atoms with van der Waals surface area (Å²) >= 11 is 0. The van der Waals surface area contributed by atoms with Crippen LogP contribution >= 0.6 is 0 Å². The molecule has 0 radical (unpaired) electrons. The van der Waals surface area contributed by atoms with Crippen LogP contribution in [-0.4, -0.2) is 0 Å². The van der Waals surface area contributed by atoms with Crippen LogP contribution < -0.4 is 0 Å². The fourth-order valence-corrected chi connectivity index (χ4v) is 4.06. The molecule has 0 aromatic heterocycles. The second-order valence-corrected chi connectivity index (χ2v) is 6.89. The number of rotatable bonds is 5. The molecule has 0 amide bonds. The predicted molar refractivity (Wildman–Crippen MR) is 71.3 cm³/mol. The highest BCUT2D eigenvalue weighted by atomic mass is 14.4. The molecule has 5 atom stereocenters. The van der Waals surface area contributed by atoms with Gasteiger partial charge in [-0.15, -0.1) is 0 Å². The van der Waals surface area contributed by atoms with Crippen molar-refractivity contribution in [2.45, 2.75) is 66.2 Å². The summed E-state index contributed by atoms with van der Waals surface area (Å²) < 4.78 is 0. The molecule has 2 saturated carbocycles. The minimum Gasteiger partial charge on any atom is -0.0651 e. The van der Waals surface area contributed by atoms with Gasteiger partial charge >= 0.3 is 0 Å². The standard InChI is InChI=1S/C16H30/c1-5-15-10-14(9-12(15)3)8-11(2)13(4)16-6-7-16/h11-16H,5-10H2,1-4H3. The summed E-state index contributed by atoms with van der Waals surface area (Å²) in [6.45, 7) is 9.86. The van der Waals surface area contributed by atoms with E-state index in [-0.39, 0.29) is 0 Å². The molecule has 0 nitrogen and oxygen atoms in total. The van der Waals surface area contributed by atoms with E-state index in [2.05, 4.69) is 27.7 Å². The zero-order chi connectivity index (χ0) is 11.7. The molecule has 0 heteroatoms. The molecule has 5 unspecified atom stereocenters. The van der Waals surface area contributed by atoms with Crippen LogP contribution in [0.15, 0.2) is 0 Å². The molecule has 94 valence electrons. The van der Waals surface area contributed by atoms with E-state index in [4.69, 9.17) is 0 Å². The Bertz CT molecular complexity index is 216. The Labute approximate surface area is 102 Å². The molecule has 0 bridgehead atoms. The second-order valence-electron chi connectivity index (χ2n) is 6.89. The summed E-state index contributed by atoms with van der Waals surface area (Å²) in [6, 6.07) is 0. The van der Waals surface area contributed by atoms with E-state index >= 15 is 0 Å². The highest BCUT2D eigenvalue weighted by molar-refractivity contribution is 4.85. The molecule has 0 aliphatic heterocycles. The van der Waals surface area contributed by atoms with Crippen LogP contribution in [0.3, 0.4) is 0 Å². The van der Waals surface area contributed by atoms with Gasteiger partial charge in [0.2, 0.25) is 0 Å². The van der Waals surface area contributed by atoms with Crippen molar-refractivity contribution in [1.82, 2.24) is 0 Å². The summed E-state index contributed by atoms with van der Waals surface area (Å²) in [5, 5.41) is 0. The number of hydrogen-bond acceptors (Lipinski definition) is 0. The average Bonchev–Trinajstić information content (AvgIpc) is 3.03. The van der Waals surface area contributed by atoms with Gasteiger partial charge in [-0.05, 0) is 67.6 Å². The Balaban J connectivity index is 1.77. The first-order valence-electron chi connectivity index (χ1n) is 7.61. The van der Waals surface area contributed by atoms with Crippen molar-refractivity contribution in [3.05, 3.63) is 0 Å². The van der Waals surface area contributed by atoms with Crippen molar-refractivity contribution < 1.29 is 0 Å². The smallest absolute Gasteiger partial charge is 0.0386 e. The zero-order valence-electron chi connectivity index (χ0n) is 11.7. The van der Waals surface area contributed by atoms with Crippen LogP contribution in [0.2, 0.25) is 0 Å². The zero-order valence-corrected chi connectivity index (χ0v) is 11.7. The Morgan fingerprint density at radius 2 is 1.81 bits per heavy atom. The third-order valence-corrected chi connectivity index (χ3v) is 5.64. The van der Waals surface area contributed by atoms with Crippen LogP contribution in [0, 0.1) is 35.5 Å². The molecule has 0 N–H and O–H groups in total. The molecule has 16 heavy (non-hydrogen) atoms. The van der Waals surface area contributed by atoms with Gasteiger partial charge in [-0.3, -0.25) is 0 Å². The van der Waals surface area contributed by atoms with Crippen molar-refractivity contribution in [3.8, 4) is 0 Å². The lowest BCUT2D eigenvalue weighted by molar-refractivity contribution is 0.275. The molecule has 2 aliphatic carbocycles. The molecule has 2 fully saturated rings. The highest BCUT2D eigenvalue weighted by Gasteiger charge is 2.35. The van der Waals surface area contributed by atoms with Crippen LogP contribution in [0.1, 0.15) is 66.2 Å². The maximum atomic E-state index is 2.51. The molecule has 0 aromatic rings. The Morgan fingerprint density at radius 3 is 2.31 bits per heavy atom. The average molecular weight is 222 g/mol. The fraction of sp³-hybridized carbons (Fsp3) is 1.00. The lowest BCUT2D eigenvalue weighted by atomic mass is 9.83. The minimum atomic E-state index is 0.973. The lowest BCUT2D eigenvalue weighted by Gasteiger charge is -2.23. The van der Waals surface area contributed by atoms with E-state index in [1.165, 1.54) is 38.5 Å². The third-order valence-electron chi connectivity index (χ3n) is 5.64. The van der Waals surface area contributed by atoms with Crippen LogP contribution in [0.5, 0.6) is 0 Å². The summed E-state index contributed by atoms with van der Waals surface area (Å²) in [4.78, 5) is 0. The van der Waals surface area contributed by atoms with Crippen molar-refractivity contribution in [2.75, 3.05) is 0 Å². The van der Waals surface area contributed by atoms with Crippen molar-refractivity contribution in [3.63, 3.8) is 0 Å². The summed E-state index contributed by atoms with van der Waals surface area (Å²) in [5.41, 5.74) is 0. The van der Waals surface area contributed by atoms with E-state index in [1.54, 1.807) is 0 Å². The molecule has 2 aliphatic rings. The van der Waals surface area contributed by atoms with Gasteiger partial charge in [-0.25, -0.2) is 0 Å². The first kappa shape index (κ1) is 12.5. The van der Waals surface area contributed by atoms with Gasteiger partial charge in [0.15, 0.2) is 0 Å². The summed E-state index contributed by atoms with van der Waals surface area (Å²) in [7, 11) is 0. The quantitative estimate of drug-likeness (QED) is 0.605. The third kappa shape index (κ3) is 2.81. The topological polar surface area (TPSA) is 0 Å². The molecule has 0 saturated heterocycles. The molecule has 0 spiro atoms. The van der Waals surface area contributed by atoms with Gasteiger partial charge < -0.3 is 0 Å². The summed E-state index contributed by atoms with van der Waals surface area (Å²) in [5.74, 6) is 6.15. The normalized spacial score (nSPS) is 38.6. The second kappa shape index (κ2) is 5.10. The lowest BCUT2D eigenvalue weighted by Crippen LogP contribution is -2.13. The van der Waals surface area contributed by atoms with Crippen molar-refractivity contribution >= 4 is 0 Å². The van der Waals surface area contributed by atoms with Gasteiger partial charge in [0.05, 0.1) is 0 Å². The summed E-state index contributed by atoms with van der Waals surface area (Å²) in [6.07, 6.45) is 9.00. The Hall–Kier alpha value is 0. The molecular weight excluding hydrogens is 192 g/mol. The predicted octanol–water partition coefficient (Wildman–Crippen LogP) is 5.13. The first-order chi connectivity index (χ1) is 7.61. The van der Waals surface area contributed by atoms with E-state index in [0.29, 0.717) is 0 Å². The molecule has 0 aromatic carbocycles. The van der Waals surface area contributed by atoms with E-state index in [1.807, 2.05) is 0 Å². The van der Waals surface area contributed by atoms with E-state index in [9.17, 15) is 0 Å². The fourth-order valence-electron chi connectivity index (χ4n) is 4.06. The maximum Gasteiger partial charge on any atom is -0.0386 e. The molecule has 0 heterocycles. The maximum absolute atomic E-state index is 2.51. The molecular formula is C16H30. The Kier molecular flexibility index (Phi) is 3.97. The van der Waals surface area contributed by atoms with Gasteiger partial charge in [-0.1, -0.05) is 34.1 Å². The van der Waals surface area contributed by atoms with Crippen molar-refractivity contribution in [1.29, 1.82) is 0 Å². The van der Waals surface area contributed by atoms with E-state index in [0.717, 1.165) is 35.5 Å². The highest BCUT2D eigenvalue weighted by Crippen LogP contribution is 2.45. The monoisotopic (exact) mass is 222 g/mol. The number of hydrogen-bond donors (Lipinski definition) is 0. The molecule has 2 rings (SSSR count). The van der Waals surface area contributed by atoms with Crippen LogP contribution in [-0.2, 0) is 0 Å². The minimum absolute atomic E-state index is 0.973. The van der Waals surface area contributed by atoms with Gasteiger partial charge in [0, 0.05) is 0 Å². The van der Waals surface area contributed by atoms with Gasteiger partial charge in [0.25, 0.3) is 0 Å². The first-order valence-corrected chi connectivity index (χ1v) is 7.61. The van der Waals surface area contributed by atoms with Gasteiger partial charge in [0.1, 0.15) is 0 Å². The Morgan fingerprint density at radius 1 is 1.12 bits per heavy atom. The van der Waals surface area contributed by atoms with Crippen molar-refractivity contribution in [2.24, 2.45) is 35.5 Å². The van der Waals surface area contributed by atoms with Gasteiger partial charge in [-0.2, -0.15) is 0 Å². The van der Waals surface area contributed by atoms with Crippen LogP contribution in [0.4, 0.5) is 0 Å². The van der Waals surface area contributed by atoms with E-state index < -0.39 is 0 Å².